The van der Waals surface area contributed by atoms with Crippen molar-refractivity contribution >= 4 is 13.6 Å². The lowest BCUT2D eigenvalue weighted by atomic mass is 10.5. The predicted octanol–water partition coefficient (Wildman–Crippen LogP) is 2.37. The molecule has 0 N–H and O–H groups in total. The molecule has 0 aromatic heterocycles. The van der Waals surface area contributed by atoms with Gasteiger partial charge in [-0.05, 0) is 20.8 Å². The molecule has 0 spiro atoms. The normalized spacial score (nSPS) is 13.2. The summed E-state index contributed by atoms with van der Waals surface area (Å²) in [5.41, 5.74) is -0.924. The van der Waals surface area contributed by atoms with Gasteiger partial charge in [0.25, 0.3) is 0 Å². The van der Waals surface area contributed by atoms with E-state index in [9.17, 15) is 9.36 Å². The highest BCUT2D eigenvalue weighted by molar-refractivity contribution is 7.55. The minimum absolute atomic E-state index is 0.0847. The third kappa shape index (κ3) is 4.47. The lowest BCUT2D eigenvalue weighted by Crippen LogP contribution is -2.23. The van der Waals surface area contributed by atoms with Gasteiger partial charge in [-0.3, -0.25) is 9.36 Å². The first-order chi connectivity index (χ1) is 7.51. The van der Waals surface area contributed by atoms with E-state index in [1.54, 1.807) is 13.8 Å². The van der Waals surface area contributed by atoms with Gasteiger partial charge in [-0.2, -0.15) is 0 Å². The number of carbonyl (C=O) groups is 1. The molecule has 5 nitrogen and oxygen atoms in total. The molecular formula is C10H19O5P. The zero-order valence-electron chi connectivity index (χ0n) is 9.97. The zero-order chi connectivity index (χ0) is 12.6. The van der Waals surface area contributed by atoms with Crippen LogP contribution in [-0.2, 0) is 23.1 Å². The van der Waals surface area contributed by atoms with Crippen LogP contribution in [0.2, 0.25) is 0 Å². The van der Waals surface area contributed by atoms with E-state index in [4.69, 9.17) is 13.8 Å². The highest BCUT2D eigenvalue weighted by atomic mass is 31.2. The van der Waals surface area contributed by atoms with Gasteiger partial charge in [0.05, 0.1) is 13.2 Å². The number of ether oxygens (including phenoxy) is 1. The fourth-order valence-corrected chi connectivity index (χ4v) is 2.59. The van der Waals surface area contributed by atoms with Crippen LogP contribution in [-0.4, -0.2) is 31.4 Å². The zero-order valence-corrected chi connectivity index (χ0v) is 10.9. The van der Waals surface area contributed by atoms with Crippen LogP contribution in [0.4, 0.5) is 0 Å². The van der Waals surface area contributed by atoms with E-state index in [-0.39, 0.29) is 19.8 Å². The lowest BCUT2D eigenvalue weighted by molar-refractivity contribution is -0.142. The predicted molar refractivity (Wildman–Crippen MR) is 61.5 cm³/mol. The fraction of sp³-hybridized carbons (Fsp3) is 0.700. The van der Waals surface area contributed by atoms with E-state index < -0.39 is 19.2 Å². The maximum Gasteiger partial charge on any atom is 0.344 e. The molecule has 0 aromatic carbocycles. The second-order valence-corrected chi connectivity index (χ2v) is 5.34. The molecule has 94 valence electrons. The van der Waals surface area contributed by atoms with Crippen molar-refractivity contribution in [3.63, 3.8) is 0 Å². The van der Waals surface area contributed by atoms with Crippen molar-refractivity contribution in [1.82, 2.24) is 0 Å². The molecule has 0 aromatic rings. The average molecular weight is 250 g/mol. The van der Waals surface area contributed by atoms with E-state index in [0.717, 1.165) is 0 Å². The molecule has 0 fully saturated rings. The third-order valence-electron chi connectivity index (χ3n) is 1.78. The Labute approximate surface area is 96.3 Å². The molecule has 0 radical (unpaired) electrons. The topological polar surface area (TPSA) is 61.8 Å². The van der Waals surface area contributed by atoms with Crippen LogP contribution in [0.5, 0.6) is 0 Å². The van der Waals surface area contributed by atoms with Gasteiger partial charge in [0, 0.05) is 0 Å². The molecule has 0 saturated heterocycles. The minimum atomic E-state index is -3.42. The highest BCUT2D eigenvalue weighted by Gasteiger charge is 2.38. The van der Waals surface area contributed by atoms with Crippen molar-refractivity contribution in [3.05, 3.63) is 12.7 Å². The molecule has 1 unspecified atom stereocenters. The van der Waals surface area contributed by atoms with Gasteiger partial charge in [-0.1, -0.05) is 12.7 Å². The molecule has 6 heteroatoms. The Morgan fingerprint density at radius 1 is 1.38 bits per heavy atom. The molecule has 0 saturated carbocycles. The Hall–Kier alpha value is -0.640. The van der Waals surface area contributed by atoms with Gasteiger partial charge in [-0.25, -0.2) is 0 Å². The van der Waals surface area contributed by atoms with E-state index in [2.05, 4.69) is 6.58 Å². The highest BCUT2D eigenvalue weighted by Crippen LogP contribution is 2.53. The number of rotatable bonds is 8. The molecule has 1 atom stereocenters. The second kappa shape index (κ2) is 7.60. The summed E-state index contributed by atoms with van der Waals surface area (Å²) in [6.45, 7) is 8.79. The number of hydrogen-bond donors (Lipinski definition) is 0. The van der Waals surface area contributed by atoms with Crippen molar-refractivity contribution in [2.75, 3.05) is 19.8 Å². The van der Waals surface area contributed by atoms with Gasteiger partial charge in [-0.15, -0.1) is 0 Å². The van der Waals surface area contributed by atoms with Gasteiger partial charge < -0.3 is 13.8 Å². The summed E-state index contributed by atoms with van der Waals surface area (Å²) in [6.07, 6.45) is 1.44. The summed E-state index contributed by atoms with van der Waals surface area (Å²) < 4.78 is 27.0. The van der Waals surface area contributed by atoms with Gasteiger partial charge in [0.15, 0.2) is 5.66 Å². The summed E-state index contributed by atoms with van der Waals surface area (Å²) >= 11 is 0. The van der Waals surface area contributed by atoms with Crippen molar-refractivity contribution < 1.29 is 23.1 Å². The Morgan fingerprint density at radius 2 is 1.88 bits per heavy atom. The first-order valence-corrected chi connectivity index (χ1v) is 6.79. The van der Waals surface area contributed by atoms with Crippen LogP contribution in [0.15, 0.2) is 12.7 Å². The van der Waals surface area contributed by atoms with Crippen molar-refractivity contribution in [2.45, 2.75) is 26.4 Å². The molecule has 0 amide bonds. The lowest BCUT2D eigenvalue weighted by Gasteiger charge is -2.21. The van der Waals surface area contributed by atoms with Crippen molar-refractivity contribution in [1.29, 1.82) is 0 Å². The number of hydrogen-bond acceptors (Lipinski definition) is 5. The first-order valence-electron chi connectivity index (χ1n) is 5.18. The minimum Gasteiger partial charge on any atom is -0.461 e. The van der Waals surface area contributed by atoms with E-state index in [0.29, 0.717) is 0 Å². The van der Waals surface area contributed by atoms with Gasteiger partial charge >= 0.3 is 13.6 Å². The molecule has 0 aliphatic rings. The first kappa shape index (κ1) is 15.4. The van der Waals surface area contributed by atoms with Crippen molar-refractivity contribution in [2.24, 2.45) is 0 Å². The summed E-state index contributed by atoms with van der Waals surface area (Å²) in [5, 5.41) is 0. The fourth-order valence-electron chi connectivity index (χ4n) is 1.01. The van der Waals surface area contributed by atoms with Crippen LogP contribution in [0.25, 0.3) is 0 Å². The SMILES string of the molecule is C=CCOC(=O)C(C)P(=O)(OCC)OCC. The summed E-state index contributed by atoms with van der Waals surface area (Å²) in [6, 6.07) is 0. The van der Waals surface area contributed by atoms with Crippen LogP contribution in [0.1, 0.15) is 20.8 Å². The maximum absolute atomic E-state index is 12.1. The van der Waals surface area contributed by atoms with Crippen LogP contribution >= 0.6 is 7.60 Å². The Balaban J connectivity index is 4.59. The molecule has 0 rings (SSSR count). The average Bonchev–Trinajstić information content (AvgIpc) is 2.25. The molecule has 0 aliphatic carbocycles. The molecule has 0 aliphatic heterocycles. The Bertz CT molecular complexity index is 266. The summed E-state index contributed by atoms with van der Waals surface area (Å²) in [7, 11) is -3.42. The number of esters is 1. The quantitative estimate of drug-likeness (QED) is 0.376. The number of carbonyl (C=O) groups excluding carboxylic acids is 1. The third-order valence-corrected chi connectivity index (χ3v) is 4.17. The van der Waals surface area contributed by atoms with Crippen LogP contribution in [0, 0.1) is 0 Å². The maximum atomic E-state index is 12.1. The van der Waals surface area contributed by atoms with E-state index >= 15 is 0 Å². The van der Waals surface area contributed by atoms with Gasteiger partial charge in [0.1, 0.15) is 6.61 Å². The van der Waals surface area contributed by atoms with Gasteiger partial charge in [0.2, 0.25) is 0 Å². The van der Waals surface area contributed by atoms with Crippen LogP contribution in [0.3, 0.4) is 0 Å². The Kier molecular flexibility index (Phi) is 7.30. The molecule has 0 heterocycles. The largest absolute Gasteiger partial charge is 0.461 e. The standard InChI is InChI=1S/C10H19O5P/c1-5-8-13-10(11)9(4)16(12,14-6-2)15-7-3/h5,9H,1,6-8H2,2-4H3. The van der Waals surface area contributed by atoms with E-state index in [1.807, 2.05) is 0 Å². The van der Waals surface area contributed by atoms with Crippen LogP contribution < -0.4 is 0 Å². The molecule has 0 bridgehead atoms. The monoisotopic (exact) mass is 250 g/mol. The summed E-state index contributed by atoms with van der Waals surface area (Å²) in [4.78, 5) is 11.5. The smallest absolute Gasteiger partial charge is 0.344 e. The summed E-state index contributed by atoms with van der Waals surface area (Å²) in [5.74, 6) is -0.606. The van der Waals surface area contributed by atoms with E-state index in [1.165, 1.54) is 13.0 Å². The molecular weight excluding hydrogens is 231 g/mol. The molecule has 16 heavy (non-hydrogen) atoms. The Morgan fingerprint density at radius 3 is 2.25 bits per heavy atom. The second-order valence-electron chi connectivity index (χ2n) is 2.97. The van der Waals surface area contributed by atoms with Crippen molar-refractivity contribution in [3.8, 4) is 0 Å².